The molecule has 0 aromatic carbocycles. The molecule has 0 radical (unpaired) electrons. The quantitative estimate of drug-likeness (QED) is 0.414. The number of hydrogen-bond donors (Lipinski definition) is 1. The van der Waals surface area contributed by atoms with Gasteiger partial charge in [0, 0.05) is 49.5 Å². The van der Waals surface area contributed by atoms with Gasteiger partial charge in [0.05, 0.1) is 12.9 Å². The molecule has 1 aromatic heterocycles. The van der Waals surface area contributed by atoms with Gasteiger partial charge in [-0.1, -0.05) is 13.8 Å². The van der Waals surface area contributed by atoms with Gasteiger partial charge >= 0.3 is 0 Å². The molecule has 2 saturated heterocycles. The summed E-state index contributed by atoms with van der Waals surface area (Å²) in [7, 11) is 0. The average molecular weight is 461 g/mol. The number of furan rings is 1. The maximum absolute atomic E-state index is 5.48. The molecule has 3 heterocycles. The highest BCUT2D eigenvalue weighted by Crippen LogP contribution is 2.46. The molecule has 2 fully saturated rings. The van der Waals surface area contributed by atoms with Crippen molar-refractivity contribution in [3.8, 4) is 0 Å². The predicted octanol–water partition coefficient (Wildman–Crippen LogP) is 3.54. The van der Waals surface area contributed by atoms with Crippen molar-refractivity contribution in [2.75, 3.05) is 32.8 Å². The molecule has 25 heavy (non-hydrogen) atoms. The summed E-state index contributed by atoms with van der Waals surface area (Å²) in [5, 5.41) is 3.55. The molecule has 1 N–H and O–H groups in total. The molecule has 1 unspecified atom stereocenters. The van der Waals surface area contributed by atoms with Gasteiger partial charge in [0.25, 0.3) is 0 Å². The summed E-state index contributed by atoms with van der Waals surface area (Å²) < 4.78 is 10.9. The number of likely N-dealkylation sites (tertiary alicyclic amines) is 1. The molecule has 1 aromatic rings. The van der Waals surface area contributed by atoms with Crippen LogP contribution in [0.2, 0.25) is 0 Å². The summed E-state index contributed by atoms with van der Waals surface area (Å²) in [5.41, 5.74) is 0.405. The van der Waals surface area contributed by atoms with E-state index in [0.29, 0.717) is 11.3 Å². The van der Waals surface area contributed by atoms with Gasteiger partial charge in [-0.15, -0.1) is 24.0 Å². The molecule has 142 valence electrons. The van der Waals surface area contributed by atoms with Gasteiger partial charge in [-0.3, -0.25) is 4.99 Å². The fourth-order valence-corrected chi connectivity index (χ4v) is 3.33. The highest BCUT2D eigenvalue weighted by atomic mass is 127. The van der Waals surface area contributed by atoms with Gasteiger partial charge in [-0.05, 0) is 32.4 Å². The van der Waals surface area contributed by atoms with Crippen molar-refractivity contribution in [3.05, 3.63) is 24.2 Å². The van der Waals surface area contributed by atoms with Gasteiger partial charge in [0.2, 0.25) is 0 Å². The zero-order chi connectivity index (χ0) is 17.2. The SMILES string of the molecule is CC1(C)CN(C(=NCC2CCOC2)NCCc2ccco2)C1(C)C.I. The van der Waals surface area contributed by atoms with Crippen molar-refractivity contribution < 1.29 is 9.15 Å². The summed E-state index contributed by atoms with van der Waals surface area (Å²) in [5.74, 6) is 2.59. The van der Waals surface area contributed by atoms with E-state index in [4.69, 9.17) is 14.1 Å². The van der Waals surface area contributed by atoms with Crippen LogP contribution in [0.1, 0.15) is 39.9 Å². The lowest BCUT2D eigenvalue weighted by Gasteiger charge is -2.62. The Labute approximate surface area is 168 Å². The fourth-order valence-electron chi connectivity index (χ4n) is 3.33. The van der Waals surface area contributed by atoms with E-state index in [1.165, 1.54) is 0 Å². The van der Waals surface area contributed by atoms with E-state index in [1.807, 2.05) is 12.1 Å². The topological polar surface area (TPSA) is 50.0 Å². The molecule has 0 spiro atoms. The highest BCUT2D eigenvalue weighted by Gasteiger charge is 2.53. The normalized spacial score (nSPS) is 24.6. The predicted molar refractivity (Wildman–Crippen MR) is 112 cm³/mol. The molecule has 2 aliphatic rings. The number of nitrogens with zero attached hydrogens (tertiary/aromatic N) is 2. The molecule has 0 bridgehead atoms. The van der Waals surface area contributed by atoms with E-state index in [9.17, 15) is 0 Å². The number of ether oxygens (including phenoxy) is 1. The van der Waals surface area contributed by atoms with Crippen LogP contribution in [0, 0.1) is 11.3 Å². The summed E-state index contributed by atoms with van der Waals surface area (Å²) in [6.07, 6.45) is 3.72. The van der Waals surface area contributed by atoms with Crippen molar-refractivity contribution in [1.82, 2.24) is 10.2 Å². The second kappa shape index (κ2) is 8.29. The Balaban J connectivity index is 0.00000225. The van der Waals surface area contributed by atoms with Crippen LogP contribution in [0.15, 0.2) is 27.8 Å². The Morgan fingerprint density at radius 3 is 2.72 bits per heavy atom. The van der Waals surface area contributed by atoms with Gasteiger partial charge in [-0.2, -0.15) is 0 Å². The summed E-state index contributed by atoms with van der Waals surface area (Å²) in [6.45, 7) is 13.7. The minimum atomic E-state index is 0. The lowest BCUT2D eigenvalue weighted by atomic mass is 9.65. The summed E-state index contributed by atoms with van der Waals surface area (Å²) >= 11 is 0. The van der Waals surface area contributed by atoms with E-state index >= 15 is 0 Å². The maximum Gasteiger partial charge on any atom is 0.194 e. The van der Waals surface area contributed by atoms with Crippen molar-refractivity contribution in [2.45, 2.75) is 46.1 Å². The third kappa shape index (κ3) is 4.51. The zero-order valence-electron chi connectivity index (χ0n) is 15.9. The number of rotatable bonds is 5. The zero-order valence-corrected chi connectivity index (χ0v) is 18.2. The van der Waals surface area contributed by atoms with E-state index in [-0.39, 0.29) is 29.5 Å². The lowest BCUT2D eigenvalue weighted by molar-refractivity contribution is -0.0668. The molecule has 1 atom stereocenters. The first-order chi connectivity index (χ1) is 11.4. The fraction of sp³-hybridized carbons (Fsp3) is 0.737. The van der Waals surface area contributed by atoms with Crippen molar-refractivity contribution in [1.29, 1.82) is 0 Å². The van der Waals surface area contributed by atoms with E-state index < -0.39 is 0 Å². The minimum Gasteiger partial charge on any atom is -0.469 e. The standard InChI is InChI=1S/C19H31N3O2.HI/c1-18(2)14-22(19(18,3)4)17(21-12-15-8-11-23-13-15)20-9-7-16-6-5-10-24-16;/h5-6,10,15H,7-9,11-14H2,1-4H3,(H,20,21);1H. The largest absolute Gasteiger partial charge is 0.469 e. The molecular weight excluding hydrogens is 429 g/mol. The number of aliphatic imine (C=N–C) groups is 1. The molecular formula is C19H32IN3O2. The second-order valence-electron chi connectivity index (χ2n) is 8.18. The van der Waals surface area contributed by atoms with Gasteiger partial charge < -0.3 is 19.4 Å². The Hall–Kier alpha value is -0.760. The van der Waals surface area contributed by atoms with Crippen LogP contribution in [-0.2, 0) is 11.2 Å². The van der Waals surface area contributed by atoms with Crippen molar-refractivity contribution >= 4 is 29.9 Å². The Bertz CT molecular complexity index is 563. The maximum atomic E-state index is 5.48. The van der Waals surface area contributed by atoms with Crippen LogP contribution in [-0.4, -0.2) is 49.2 Å². The van der Waals surface area contributed by atoms with Crippen LogP contribution >= 0.6 is 24.0 Å². The number of guanidine groups is 1. The van der Waals surface area contributed by atoms with Crippen LogP contribution in [0.4, 0.5) is 0 Å². The molecule has 6 heteroatoms. The van der Waals surface area contributed by atoms with E-state index in [0.717, 1.165) is 57.4 Å². The lowest BCUT2D eigenvalue weighted by Crippen LogP contribution is -2.72. The Morgan fingerprint density at radius 1 is 1.36 bits per heavy atom. The van der Waals surface area contributed by atoms with E-state index in [1.54, 1.807) is 6.26 Å². The number of halogens is 1. The van der Waals surface area contributed by atoms with E-state index in [2.05, 4.69) is 37.9 Å². The first-order valence-corrected chi connectivity index (χ1v) is 9.06. The van der Waals surface area contributed by atoms with Gasteiger partial charge in [-0.25, -0.2) is 0 Å². The molecule has 2 aliphatic heterocycles. The molecule has 0 saturated carbocycles. The molecule has 3 rings (SSSR count). The third-order valence-electron chi connectivity index (χ3n) is 5.90. The first kappa shape index (κ1) is 20.6. The van der Waals surface area contributed by atoms with Crippen LogP contribution in [0.5, 0.6) is 0 Å². The van der Waals surface area contributed by atoms with Crippen molar-refractivity contribution in [2.24, 2.45) is 16.3 Å². The number of hydrogen-bond acceptors (Lipinski definition) is 3. The van der Waals surface area contributed by atoms with Gasteiger partial charge in [0.1, 0.15) is 5.76 Å². The average Bonchev–Trinajstić information content (AvgIpc) is 3.22. The summed E-state index contributed by atoms with van der Waals surface area (Å²) in [4.78, 5) is 7.34. The van der Waals surface area contributed by atoms with Crippen molar-refractivity contribution in [3.63, 3.8) is 0 Å². The first-order valence-electron chi connectivity index (χ1n) is 9.06. The Kier molecular flexibility index (Phi) is 6.81. The monoisotopic (exact) mass is 461 g/mol. The van der Waals surface area contributed by atoms with Gasteiger partial charge in [0.15, 0.2) is 5.96 Å². The second-order valence-corrected chi connectivity index (χ2v) is 8.18. The molecule has 0 amide bonds. The number of nitrogens with one attached hydrogen (secondary N) is 1. The minimum absolute atomic E-state index is 0. The molecule has 0 aliphatic carbocycles. The van der Waals surface area contributed by atoms with Crippen LogP contribution in [0.25, 0.3) is 0 Å². The summed E-state index contributed by atoms with van der Waals surface area (Å²) in [6, 6.07) is 3.95. The van der Waals surface area contributed by atoms with Crippen LogP contribution in [0.3, 0.4) is 0 Å². The Morgan fingerprint density at radius 2 is 2.16 bits per heavy atom. The smallest absolute Gasteiger partial charge is 0.194 e. The third-order valence-corrected chi connectivity index (χ3v) is 5.90. The molecule has 5 nitrogen and oxygen atoms in total. The van der Waals surface area contributed by atoms with Crippen LogP contribution < -0.4 is 5.32 Å². The highest BCUT2D eigenvalue weighted by molar-refractivity contribution is 14.0.